The predicted octanol–water partition coefficient (Wildman–Crippen LogP) is 3.14. The average Bonchev–Trinajstić information content (AvgIpc) is 2.58. The van der Waals surface area contributed by atoms with Crippen LogP contribution in [0.1, 0.15) is 12.5 Å². The fourth-order valence-corrected chi connectivity index (χ4v) is 1.84. The second-order valence-corrected chi connectivity index (χ2v) is 4.61. The second kappa shape index (κ2) is 4.75. The van der Waals surface area contributed by atoms with Crippen LogP contribution in [0.5, 0.6) is 0 Å². The maximum atomic E-state index is 11.2. The minimum Gasteiger partial charge on any atom is -0.315 e. The lowest BCUT2D eigenvalue weighted by atomic mass is 10.2. The lowest BCUT2D eigenvalue weighted by molar-refractivity contribution is -0.141. The number of nitrogens with zero attached hydrogens (tertiary/aromatic N) is 3. The number of carbonyl (C=O) groups is 1. The third-order valence-corrected chi connectivity index (χ3v) is 2.83. The maximum Gasteiger partial charge on any atom is 0.367 e. The minimum absolute atomic E-state index is 0.485. The van der Waals surface area contributed by atoms with Gasteiger partial charge in [-0.15, -0.1) is 0 Å². The highest BCUT2D eigenvalue weighted by Gasteiger charge is 2.29. The van der Waals surface area contributed by atoms with E-state index in [-0.39, 0.29) is 0 Å². The summed E-state index contributed by atoms with van der Waals surface area (Å²) in [4.78, 5) is 15.8. The molecule has 0 aliphatic carbocycles. The number of carbonyl (C=O) groups excluding carboxylic acids is 1. The molecule has 5 nitrogen and oxygen atoms in total. The first-order valence-electron chi connectivity index (χ1n) is 5.00. The van der Waals surface area contributed by atoms with Gasteiger partial charge < -0.3 is 4.84 Å². The number of azo groups is 1. The van der Waals surface area contributed by atoms with Gasteiger partial charge in [-0.1, -0.05) is 21.1 Å². The zero-order valence-corrected chi connectivity index (χ0v) is 10.9. The highest BCUT2D eigenvalue weighted by atomic mass is 79.9. The molecule has 1 atom stereocenters. The molecule has 1 aromatic carbocycles. The van der Waals surface area contributed by atoms with Crippen LogP contribution in [0.2, 0.25) is 0 Å². The van der Waals surface area contributed by atoms with E-state index in [0.717, 1.165) is 15.7 Å². The fourth-order valence-electron chi connectivity index (χ4n) is 1.37. The Morgan fingerprint density at radius 2 is 2.18 bits per heavy atom. The van der Waals surface area contributed by atoms with Crippen LogP contribution in [0.4, 0.5) is 5.69 Å². The van der Waals surface area contributed by atoms with E-state index in [4.69, 9.17) is 0 Å². The molecule has 0 bridgehead atoms. The number of rotatable bonds is 2. The molecule has 0 aromatic heterocycles. The summed E-state index contributed by atoms with van der Waals surface area (Å²) in [5, 5.41) is 11.6. The van der Waals surface area contributed by atoms with Gasteiger partial charge in [0.25, 0.3) is 0 Å². The first-order valence-corrected chi connectivity index (χ1v) is 5.79. The maximum absolute atomic E-state index is 11.2. The molecule has 0 saturated carbocycles. The van der Waals surface area contributed by atoms with Crippen molar-refractivity contribution in [2.24, 2.45) is 15.4 Å². The van der Waals surface area contributed by atoms with Crippen LogP contribution in [0.15, 0.2) is 38.1 Å². The average molecular weight is 296 g/mol. The molecule has 1 aliphatic rings. The molecule has 0 spiro atoms. The van der Waals surface area contributed by atoms with Crippen molar-refractivity contribution in [3.8, 4) is 0 Å². The zero-order valence-electron chi connectivity index (χ0n) is 9.35. The van der Waals surface area contributed by atoms with Crippen molar-refractivity contribution in [1.82, 2.24) is 0 Å². The van der Waals surface area contributed by atoms with E-state index in [1.54, 1.807) is 6.92 Å². The van der Waals surface area contributed by atoms with Gasteiger partial charge in [0.1, 0.15) is 0 Å². The minimum atomic E-state index is -0.710. The van der Waals surface area contributed by atoms with Gasteiger partial charge in [0.05, 0.1) is 11.4 Å². The molecular formula is C11H10BrN3O2. The van der Waals surface area contributed by atoms with Crippen LogP contribution >= 0.6 is 15.9 Å². The molecule has 88 valence electrons. The predicted molar refractivity (Wildman–Crippen MR) is 66.4 cm³/mol. The third kappa shape index (κ3) is 2.58. The van der Waals surface area contributed by atoms with Crippen molar-refractivity contribution >= 4 is 33.3 Å². The summed E-state index contributed by atoms with van der Waals surface area (Å²) in [5.41, 5.74) is 2.22. The van der Waals surface area contributed by atoms with E-state index >= 15 is 0 Å². The van der Waals surface area contributed by atoms with E-state index in [1.165, 1.54) is 0 Å². The third-order valence-electron chi connectivity index (χ3n) is 2.34. The highest BCUT2D eigenvalue weighted by Crippen LogP contribution is 2.23. The lowest BCUT2D eigenvalue weighted by Crippen LogP contribution is -2.19. The number of hydrogen-bond acceptors (Lipinski definition) is 5. The topological polar surface area (TPSA) is 63.4 Å². The SMILES string of the molecule is CC1=NOC(=O)[C@@H]1N=Nc1ccc(Br)cc1C. The Morgan fingerprint density at radius 1 is 1.41 bits per heavy atom. The number of aryl methyl sites for hydroxylation is 1. The number of hydrogen-bond donors (Lipinski definition) is 0. The van der Waals surface area contributed by atoms with Gasteiger partial charge in [-0.25, -0.2) is 4.79 Å². The standard InChI is InChI=1S/C11H10BrN3O2/c1-6-5-8(12)3-4-9(6)13-14-10-7(2)15-17-11(10)16/h3-5,10H,1-2H3/t10-/m1/s1. The monoisotopic (exact) mass is 295 g/mol. The van der Waals surface area contributed by atoms with E-state index < -0.39 is 12.0 Å². The highest BCUT2D eigenvalue weighted by molar-refractivity contribution is 9.10. The van der Waals surface area contributed by atoms with Crippen LogP contribution in [0.25, 0.3) is 0 Å². The zero-order chi connectivity index (χ0) is 12.4. The normalized spacial score (nSPS) is 19.6. The smallest absolute Gasteiger partial charge is 0.315 e. The Morgan fingerprint density at radius 3 is 2.76 bits per heavy atom. The van der Waals surface area contributed by atoms with E-state index in [0.29, 0.717) is 5.71 Å². The van der Waals surface area contributed by atoms with Gasteiger partial charge in [-0.05, 0) is 37.6 Å². The Hall–Kier alpha value is -1.56. The Balaban J connectivity index is 2.20. The Labute approximate surface area is 107 Å². The molecule has 0 saturated heterocycles. The molecule has 2 rings (SSSR count). The number of halogens is 1. The Kier molecular flexibility index (Phi) is 3.33. The summed E-state index contributed by atoms with van der Waals surface area (Å²) >= 11 is 3.37. The Bertz CT molecular complexity index is 525. The molecule has 0 N–H and O–H groups in total. The van der Waals surface area contributed by atoms with Gasteiger partial charge >= 0.3 is 5.97 Å². The molecule has 0 fully saturated rings. The van der Waals surface area contributed by atoms with Crippen LogP contribution in [-0.2, 0) is 9.63 Å². The van der Waals surface area contributed by atoms with Gasteiger partial charge in [0, 0.05) is 4.47 Å². The molecule has 6 heteroatoms. The summed E-state index contributed by atoms with van der Waals surface area (Å²) in [6.45, 7) is 3.61. The van der Waals surface area contributed by atoms with Gasteiger partial charge in [0.15, 0.2) is 0 Å². The van der Waals surface area contributed by atoms with Crippen molar-refractivity contribution in [2.75, 3.05) is 0 Å². The van der Waals surface area contributed by atoms with Crippen LogP contribution in [-0.4, -0.2) is 17.7 Å². The summed E-state index contributed by atoms with van der Waals surface area (Å²) < 4.78 is 0.979. The molecule has 1 heterocycles. The van der Waals surface area contributed by atoms with Crippen LogP contribution in [0, 0.1) is 6.92 Å². The van der Waals surface area contributed by atoms with Crippen molar-refractivity contribution < 1.29 is 9.63 Å². The summed E-state index contributed by atoms with van der Waals surface area (Å²) in [6.07, 6.45) is 0. The molecule has 0 radical (unpaired) electrons. The molecule has 0 unspecified atom stereocenters. The largest absolute Gasteiger partial charge is 0.367 e. The first kappa shape index (κ1) is 11.9. The lowest BCUT2D eigenvalue weighted by Gasteiger charge is -2.01. The fraction of sp³-hybridized carbons (Fsp3) is 0.273. The van der Waals surface area contributed by atoms with Crippen LogP contribution in [0.3, 0.4) is 0 Å². The van der Waals surface area contributed by atoms with Crippen molar-refractivity contribution in [3.63, 3.8) is 0 Å². The van der Waals surface area contributed by atoms with E-state index in [9.17, 15) is 4.79 Å². The molecule has 1 aliphatic heterocycles. The van der Waals surface area contributed by atoms with Crippen molar-refractivity contribution in [1.29, 1.82) is 0 Å². The quantitative estimate of drug-likeness (QED) is 0.621. The van der Waals surface area contributed by atoms with Gasteiger partial charge in [-0.3, -0.25) is 0 Å². The van der Waals surface area contributed by atoms with E-state index in [2.05, 4.69) is 36.2 Å². The molecular weight excluding hydrogens is 286 g/mol. The molecule has 0 amide bonds. The second-order valence-electron chi connectivity index (χ2n) is 3.69. The number of benzene rings is 1. The molecule has 1 aromatic rings. The van der Waals surface area contributed by atoms with Crippen molar-refractivity contribution in [2.45, 2.75) is 19.9 Å². The van der Waals surface area contributed by atoms with Crippen molar-refractivity contribution in [3.05, 3.63) is 28.2 Å². The summed E-state index contributed by atoms with van der Waals surface area (Å²) in [5.74, 6) is -0.485. The summed E-state index contributed by atoms with van der Waals surface area (Å²) in [6, 6.07) is 4.92. The summed E-state index contributed by atoms with van der Waals surface area (Å²) in [7, 11) is 0. The number of oxime groups is 1. The molecule has 17 heavy (non-hydrogen) atoms. The first-order chi connectivity index (χ1) is 8.08. The van der Waals surface area contributed by atoms with E-state index in [1.807, 2.05) is 25.1 Å². The van der Waals surface area contributed by atoms with Crippen LogP contribution < -0.4 is 0 Å². The van der Waals surface area contributed by atoms with Gasteiger partial charge in [0.2, 0.25) is 6.04 Å². The van der Waals surface area contributed by atoms with Gasteiger partial charge in [-0.2, -0.15) is 10.2 Å².